The van der Waals surface area contributed by atoms with Crippen molar-refractivity contribution in [1.82, 2.24) is 20.0 Å². The van der Waals surface area contributed by atoms with Gasteiger partial charge in [0.15, 0.2) is 5.69 Å². The number of aromatic nitrogens is 4. The number of hydrogen-bond donors (Lipinski definition) is 1. The Morgan fingerprint density at radius 2 is 1.62 bits per heavy atom. The van der Waals surface area contributed by atoms with Crippen molar-refractivity contribution in [3.8, 4) is 5.69 Å². The van der Waals surface area contributed by atoms with Crippen LogP contribution < -0.4 is 10.9 Å². The lowest BCUT2D eigenvalue weighted by Gasteiger charge is -2.12. The van der Waals surface area contributed by atoms with E-state index in [4.69, 9.17) is 0 Å². The van der Waals surface area contributed by atoms with Crippen LogP contribution in [0.4, 0.5) is 5.13 Å². The molecule has 0 aliphatic heterocycles. The molecule has 0 unspecified atom stereocenters. The fourth-order valence-electron chi connectivity index (χ4n) is 2.83. The quantitative estimate of drug-likeness (QED) is 0.560. The zero-order valence-corrected chi connectivity index (χ0v) is 17.0. The summed E-state index contributed by atoms with van der Waals surface area (Å²) in [5.41, 5.74) is 0.292. The van der Waals surface area contributed by atoms with Crippen molar-refractivity contribution in [3.05, 3.63) is 75.7 Å². The second-order valence-corrected chi connectivity index (χ2v) is 8.54. The third-order valence-corrected chi connectivity index (χ3v) is 5.57. The molecule has 2 aromatic carbocycles. The lowest BCUT2D eigenvalue weighted by Crippen LogP contribution is -2.26. The van der Waals surface area contributed by atoms with Gasteiger partial charge >= 0.3 is 0 Å². The first-order chi connectivity index (χ1) is 13.8. The summed E-state index contributed by atoms with van der Waals surface area (Å²) in [6.07, 6.45) is 0. The number of hydrogen-bond acceptors (Lipinski definition) is 6. The molecule has 29 heavy (non-hydrogen) atoms. The summed E-state index contributed by atoms with van der Waals surface area (Å²) >= 11 is 1.32. The molecular formula is C21H19N5O2S. The standard InChI is InChI=1S/C21H19N5O2S/c1-21(2,3)19-23-24-20(29-19)22-17(27)16-14-11-7-8-12-15(14)18(28)26(25-16)13-9-5-4-6-10-13/h4-12H,1-3H3,(H,22,24,27). The number of amides is 1. The van der Waals surface area contributed by atoms with Gasteiger partial charge in [0, 0.05) is 10.8 Å². The number of nitrogens with one attached hydrogen (secondary N) is 1. The molecule has 0 fully saturated rings. The number of anilines is 1. The Morgan fingerprint density at radius 1 is 0.966 bits per heavy atom. The van der Waals surface area contributed by atoms with Crippen molar-refractivity contribution in [2.24, 2.45) is 0 Å². The first-order valence-corrected chi connectivity index (χ1v) is 9.89. The number of nitrogens with zero attached hydrogens (tertiary/aromatic N) is 4. The molecule has 2 heterocycles. The van der Waals surface area contributed by atoms with Gasteiger partial charge < -0.3 is 0 Å². The second kappa shape index (κ2) is 7.21. The Balaban J connectivity index is 1.80. The predicted octanol–water partition coefficient (Wildman–Crippen LogP) is 3.79. The van der Waals surface area contributed by atoms with Crippen molar-refractivity contribution in [1.29, 1.82) is 0 Å². The predicted molar refractivity (Wildman–Crippen MR) is 114 cm³/mol. The topological polar surface area (TPSA) is 89.8 Å². The minimum absolute atomic E-state index is 0.150. The fraction of sp³-hybridized carbons (Fsp3) is 0.190. The van der Waals surface area contributed by atoms with Crippen LogP contribution in [0.5, 0.6) is 0 Å². The number of benzene rings is 2. The Hall–Kier alpha value is -3.39. The summed E-state index contributed by atoms with van der Waals surface area (Å²) in [6, 6.07) is 16.0. The highest BCUT2D eigenvalue weighted by atomic mass is 32.1. The van der Waals surface area contributed by atoms with Crippen LogP contribution in [-0.4, -0.2) is 25.9 Å². The molecule has 0 saturated heterocycles. The van der Waals surface area contributed by atoms with Gasteiger partial charge in [0.25, 0.3) is 11.5 Å². The molecule has 0 aliphatic rings. The average Bonchev–Trinajstić information content (AvgIpc) is 3.18. The summed E-state index contributed by atoms with van der Waals surface area (Å²) in [5, 5.41) is 17.5. The third kappa shape index (κ3) is 3.66. The molecule has 1 N–H and O–H groups in total. The van der Waals surface area contributed by atoms with E-state index in [1.54, 1.807) is 36.4 Å². The summed E-state index contributed by atoms with van der Waals surface area (Å²) in [7, 11) is 0. The largest absolute Gasteiger partial charge is 0.295 e. The molecule has 0 saturated carbocycles. The smallest absolute Gasteiger partial charge is 0.279 e. The zero-order valence-electron chi connectivity index (χ0n) is 16.2. The Labute approximate surface area is 171 Å². The van der Waals surface area contributed by atoms with E-state index in [-0.39, 0.29) is 16.7 Å². The highest BCUT2D eigenvalue weighted by molar-refractivity contribution is 7.15. The van der Waals surface area contributed by atoms with E-state index in [2.05, 4.69) is 20.6 Å². The summed E-state index contributed by atoms with van der Waals surface area (Å²) in [5.74, 6) is -0.442. The summed E-state index contributed by atoms with van der Waals surface area (Å²) in [6.45, 7) is 6.10. The van der Waals surface area contributed by atoms with Crippen LogP contribution in [-0.2, 0) is 5.41 Å². The van der Waals surface area contributed by atoms with Crippen LogP contribution in [0.1, 0.15) is 36.3 Å². The number of carbonyl (C=O) groups excluding carboxylic acids is 1. The van der Waals surface area contributed by atoms with Crippen LogP contribution in [0, 0.1) is 0 Å². The van der Waals surface area contributed by atoms with Gasteiger partial charge in [-0.1, -0.05) is 68.5 Å². The van der Waals surface area contributed by atoms with E-state index in [0.29, 0.717) is 21.6 Å². The molecule has 4 aromatic rings. The maximum atomic E-state index is 13.0. The van der Waals surface area contributed by atoms with Crippen molar-refractivity contribution in [3.63, 3.8) is 0 Å². The molecule has 0 aliphatic carbocycles. The summed E-state index contributed by atoms with van der Waals surface area (Å²) < 4.78 is 1.25. The number of carbonyl (C=O) groups is 1. The number of para-hydroxylation sites is 1. The van der Waals surface area contributed by atoms with Crippen molar-refractivity contribution < 1.29 is 4.79 Å². The van der Waals surface area contributed by atoms with Crippen LogP contribution in [0.25, 0.3) is 16.5 Å². The molecule has 0 bridgehead atoms. The van der Waals surface area contributed by atoms with Crippen molar-refractivity contribution in [2.75, 3.05) is 5.32 Å². The SMILES string of the molecule is CC(C)(C)c1nnc(NC(=O)c2nn(-c3ccccc3)c(=O)c3ccccc23)s1. The minimum atomic E-state index is -0.442. The Bertz CT molecular complexity index is 1260. The molecule has 0 atom stereocenters. The van der Waals surface area contributed by atoms with Gasteiger partial charge in [0.2, 0.25) is 5.13 Å². The van der Waals surface area contributed by atoms with E-state index in [1.807, 2.05) is 39.0 Å². The van der Waals surface area contributed by atoms with E-state index in [0.717, 1.165) is 5.01 Å². The molecular weight excluding hydrogens is 386 g/mol. The van der Waals surface area contributed by atoms with E-state index in [9.17, 15) is 9.59 Å². The van der Waals surface area contributed by atoms with Gasteiger partial charge in [0.1, 0.15) is 5.01 Å². The Morgan fingerprint density at radius 3 is 2.28 bits per heavy atom. The van der Waals surface area contributed by atoms with Crippen molar-refractivity contribution >= 4 is 33.1 Å². The second-order valence-electron chi connectivity index (χ2n) is 7.56. The lowest BCUT2D eigenvalue weighted by atomic mass is 9.98. The van der Waals surface area contributed by atoms with Crippen LogP contribution in [0.2, 0.25) is 0 Å². The number of fused-ring (bicyclic) bond motifs is 1. The zero-order chi connectivity index (χ0) is 20.6. The van der Waals surface area contributed by atoms with Crippen molar-refractivity contribution in [2.45, 2.75) is 26.2 Å². The highest BCUT2D eigenvalue weighted by Crippen LogP contribution is 2.28. The first-order valence-electron chi connectivity index (χ1n) is 9.07. The minimum Gasteiger partial charge on any atom is -0.295 e. The molecule has 1 amide bonds. The van der Waals surface area contributed by atoms with Crippen LogP contribution >= 0.6 is 11.3 Å². The molecule has 4 rings (SSSR count). The third-order valence-electron chi connectivity index (χ3n) is 4.31. The van der Waals surface area contributed by atoms with Gasteiger partial charge in [-0.2, -0.15) is 9.78 Å². The van der Waals surface area contributed by atoms with Gasteiger partial charge in [-0.3, -0.25) is 14.9 Å². The lowest BCUT2D eigenvalue weighted by molar-refractivity contribution is 0.102. The average molecular weight is 405 g/mol. The summed E-state index contributed by atoms with van der Waals surface area (Å²) in [4.78, 5) is 26.0. The van der Waals surface area contributed by atoms with Crippen LogP contribution in [0.15, 0.2) is 59.4 Å². The number of rotatable bonds is 3. The van der Waals surface area contributed by atoms with Gasteiger partial charge in [-0.25, -0.2) is 0 Å². The van der Waals surface area contributed by atoms with E-state index in [1.165, 1.54) is 16.0 Å². The first kappa shape index (κ1) is 18.9. The van der Waals surface area contributed by atoms with E-state index >= 15 is 0 Å². The normalized spacial score (nSPS) is 11.6. The van der Waals surface area contributed by atoms with Gasteiger partial charge in [-0.15, -0.1) is 10.2 Å². The van der Waals surface area contributed by atoms with Gasteiger partial charge in [0.05, 0.1) is 11.1 Å². The molecule has 0 radical (unpaired) electrons. The molecule has 146 valence electrons. The van der Waals surface area contributed by atoms with Gasteiger partial charge in [-0.05, 0) is 18.2 Å². The van der Waals surface area contributed by atoms with E-state index < -0.39 is 5.91 Å². The molecule has 7 nitrogen and oxygen atoms in total. The highest BCUT2D eigenvalue weighted by Gasteiger charge is 2.22. The molecule has 2 aromatic heterocycles. The van der Waals surface area contributed by atoms with Crippen LogP contribution in [0.3, 0.4) is 0 Å². The maximum Gasteiger partial charge on any atom is 0.279 e. The Kier molecular flexibility index (Phi) is 4.71. The molecule has 8 heteroatoms. The monoisotopic (exact) mass is 405 g/mol. The maximum absolute atomic E-state index is 13.0. The molecule has 0 spiro atoms. The fourth-order valence-corrected chi connectivity index (χ4v) is 3.63.